The summed E-state index contributed by atoms with van der Waals surface area (Å²) in [6.45, 7) is 2.16. The summed E-state index contributed by atoms with van der Waals surface area (Å²) in [6.07, 6.45) is 8.60. The number of rotatable bonds is 3. The summed E-state index contributed by atoms with van der Waals surface area (Å²) in [7, 11) is 0. The lowest BCUT2D eigenvalue weighted by molar-refractivity contribution is 0.409. The van der Waals surface area contributed by atoms with Crippen LogP contribution < -0.4 is 10.6 Å². The van der Waals surface area contributed by atoms with E-state index in [1.165, 1.54) is 54.9 Å². The van der Waals surface area contributed by atoms with Crippen molar-refractivity contribution in [1.29, 1.82) is 0 Å². The first-order valence-corrected chi connectivity index (χ1v) is 8.77. The Labute approximate surface area is 130 Å². The van der Waals surface area contributed by atoms with Crippen molar-refractivity contribution in [2.24, 2.45) is 0 Å². The fourth-order valence-corrected chi connectivity index (χ4v) is 4.03. The average Bonchev–Trinajstić information content (AvgIpc) is 3.15. The number of anilines is 1. The Bertz CT molecular complexity index is 709. The van der Waals surface area contributed by atoms with Gasteiger partial charge >= 0.3 is 0 Å². The summed E-state index contributed by atoms with van der Waals surface area (Å²) < 4.78 is 2.09. The van der Waals surface area contributed by atoms with Crippen molar-refractivity contribution in [2.75, 3.05) is 18.4 Å². The third-order valence-corrected chi connectivity index (χ3v) is 5.57. The minimum atomic E-state index is 0.520. The lowest BCUT2D eigenvalue weighted by atomic mass is 9.83. The van der Waals surface area contributed by atoms with Gasteiger partial charge in [0.15, 0.2) is 5.65 Å². The summed E-state index contributed by atoms with van der Waals surface area (Å²) >= 11 is 0. The Balaban J connectivity index is 1.61. The van der Waals surface area contributed by atoms with E-state index in [2.05, 4.69) is 21.2 Å². The molecule has 1 atom stereocenters. The summed E-state index contributed by atoms with van der Waals surface area (Å²) in [6, 6.07) is 2.74. The van der Waals surface area contributed by atoms with Crippen LogP contribution in [0.15, 0.2) is 6.07 Å². The molecule has 22 heavy (non-hydrogen) atoms. The molecule has 5 nitrogen and oxygen atoms in total. The van der Waals surface area contributed by atoms with Gasteiger partial charge in [0.25, 0.3) is 0 Å². The zero-order valence-electron chi connectivity index (χ0n) is 12.9. The Morgan fingerprint density at radius 3 is 2.91 bits per heavy atom. The van der Waals surface area contributed by atoms with Crippen LogP contribution in [0.3, 0.4) is 0 Å². The number of nitrogens with one attached hydrogen (secondary N) is 2. The number of fused-ring (bicyclic) bond motifs is 2. The normalized spacial score (nSPS) is 24.6. The van der Waals surface area contributed by atoms with Gasteiger partial charge in [-0.2, -0.15) is 9.61 Å². The highest BCUT2D eigenvalue weighted by molar-refractivity contribution is 5.58. The molecule has 1 saturated carbocycles. The number of nitrogens with zero attached hydrogens (tertiary/aromatic N) is 3. The van der Waals surface area contributed by atoms with Crippen LogP contribution in [0.5, 0.6) is 0 Å². The van der Waals surface area contributed by atoms with Crippen molar-refractivity contribution in [3.05, 3.63) is 23.0 Å². The molecular formula is C17H23N5. The van der Waals surface area contributed by atoms with E-state index in [9.17, 15) is 0 Å². The number of hydrogen-bond acceptors (Lipinski definition) is 4. The maximum atomic E-state index is 4.93. The number of aryl methyl sites for hydroxylation is 1. The Hall–Kier alpha value is -1.62. The SMILES string of the molecule is c1c(C2CCC2)nn2c(NC3CCNC3)c3c(nc12)CCC3. The molecule has 2 aromatic rings. The Morgan fingerprint density at radius 1 is 1.18 bits per heavy atom. The van der Waals surface area contributed by atoms with Gasteiger partial charge in [-0.15, -0.1) is 0 Å². The highest BCUT2D eigenvalue weighted by atomic mass is 15.3. The average molecular weight is 297 g/mol. The zero-order valence-corrected chi connectivity index (χ0v) is 12.9. The quantitative estimate of drug-likeness (QED) is 0.912. The molecule has 0 bridgehead atoms. The van der Waals surface area contributed by atoms with Crippen LogP contribution in [0, 0.1) is 0 Å². The summed E-state index contributed by atoms with van der Waals surface area (Å²) in [4.78, 5) is 4.90. The highest BCUT2D eigenvalue weighted by Crippen LogP contribution is 2.37. The first-order chi connectivity index (χ1) is 10.9. The Morgan fingerprint density at radius 2 is 2.14 bits per heavy atom. The first-order valence-electron chi connectivity index (χ1n) is 8.77. The zero-order chi connectivity index (χ0) is 14.5. The molecule has 3 aliphatic rings. The molecule has 0 aromatic carbocycles. The third-order valence-electron chi connectivity index (χ3n) is 5.57. The standard InChI is InChI=1S/C17H23N5/c1-3-11(4-1)15-9-16-20-14-6-2-5-13(14)17(22(16)21-15)19-12-7-8-18-10-12/h9,11-12,18-19H,1-8,10H2. The van der Waals surface area contributed by atoms with Gasteiger partial charge in [0.2, 0.25) is 0 Å². The molecule has 0 amide bonds. The van der Waals surface area contributed by atoms with E-state index in [1.807, 2.05) is 0 Å². The summed E-state index contributed by atoms with van der Waals surface area (Å²) in [5.41, 5.74) is 4.98. The van der Waals surface area contributed by atoms with Crippen molar-refractivity contribution in [2.45, 2.75) is 56.9 Å². The minimum Gasteiger partial charge on any atom is -0.366 e. The van der Waals surface area contributed by atoms with Crippen molar-refractivity contribution in [3.8, 4) is 0 Å². The van der Waals surface area contributed by atoms with Gasteiger partial charge in [-0.05, 0) is 45.1 Å². The van der Waals surface area contributed by atoms with Crippen molar-refractivity contribution < 1.29 is 0 Å². The van der Waals surface area contributed by atoms with E-state index in [0.29, 0.717) is 12.0 Å². The molecule has 2 aliphatic carbocycles. The molecule has 5 rings (SSSR count). The molecule has 2 fully saturated rings. The van der Waals surface area contributed by atoms with E-state index in [-0.39, 0.29) is 0 Å². The maximum Gasteiger partial charge on any atom is 0.157 e. The van der Waals surface area contributed by atoms with E-state index in [0.717, 1.165) is 31.6 Å². The molecule has 3 heterocycles. The monoisotopic (exact) mass is 297 g/mol. The highest BCUT2D eigenvalue weighted by Gasteiger charge is 2.27. The van der Waals surface area contributed by atoms with Gasteiger partial charge in [0.1, 0.15) is 5.82 Å². The summed E-state index contributed by atoms with van der Waals surface area (Å²) in [5.74, 6) is 1.88. The van der Waals surface area contributed by atoms with E-state index in [1.54, 1.807) is 0 Å². The lowest BCUT2D eigenvalue weighted by Gasteiger charge is -2.22. The number of hydrogen-bond donors (Lipinski definition) is 2. The molecular weight excluding hydrogens is 274 g/mol. The van der Waals surface area contributed by atoms with Crippen LogP contribution in [0.4, 0.5) is 5.82 Å². The molecule has 1 unspecified atom stereocenters. The topological polar surface area (TPSA) is 54.2 Å². The smallest absolute Gasteiger partial charge is 0.157 e. The van der Waals surface area contributed by atoms with Crippen molar-refractivity contribution in [3.63, 3.8) is 0 Å². The van der Waals surface area contributed by atoms with Crippen LogP contribution in [0.1, 0.15) is 55.0 Å². The van der Waals surface area contributed by atoms with Crippen LogP contribution in [0.25, 0.3) is 5.65 Å². The fourth-order valence-electron chi connectivity index (χ4n) is 4.03. The van der Waals surface area contributed by atoms with Gasteiger partial charge in [-0.25, -0.2) is 4.98 Å². The van der Waals surface area contributed by atoms with E-state index >= 15 is 0 Å². The third kappa shape index (κ3) is 1.95. The molecule has 0 radical (unpaired) electrons. The van der Waals surface area contributed by atoms with Gasteiger partial charge in [-0.3, -0.25) is 0 Å². The molecule has 1 saturated heterocycles. The predicted molar refractivity (Wildman–Crippen MR) is 86.5 cm³/mol. The second kappa shape index (κ2) is 4.95. The fraction of sp³-hybridized carbons (Fsp3) is 0.647. The van der Waals surface area contributed by atoms with Gasteiger partial charge in [0, 0.05) is 35.8 Å². The molecule has 1 aliphatic heterocycles. The van der Waals surface area contributed by atoms with Gasteiger partial charge < -0.3 is 10.6 Å². The molecule has 5 heteroatoms. The largest absolute Gasteiger partial charge is 0.366 e. The number of aromatic nitrogens is 3. The lowest BCUT2D eigenvalue weighted by Crippen LogP contribution is -2.25. The van der Waals surface area contributed by atoms with E-state index < -0.39 is 0 Å². The van der Waals surface area contributed by atoms with Crippen molar-refractivity contribution >= 4 is 11.5 Å². The Kier molecular flexibility index (Phi) is 2.90. The predicted octanol–water partition coefficient (Wildman–Crippen LogP) is 2.26. The second-order valence-corrected chi connectivity index (χ2v) is 7.04. The second-order valence-electron chi connectivity index (χ2n) is 7.04. The van der Waals surface area contributed by atoms with Crippen LogP contribution >= 0.6 is 0 Å². The molecule has 2 aromatic heterocycles. The molecule has 0 spiro atoms. The molecule has 116 valence electrons. The maximum absolute atomic E-state index is 4.93. The summed E-state index contributed by atoms with van der Waals surface area (Å²) in [5, 5.41) is 12.1. The van der Waals surface area contributed by atoms with Gasteiger partial charge in [0.05, 0.1) is 5.69 Å². The van der Waals surface area contributed by atoms with Crippen LogP contribution in [0.2, 0.25) is 0 Å². The first kappa shape index (κ1) is 12.9. The van der Waals surface area contributed by atoms with E-state index in [4.69, 9.17) is 10.1 Å². The molecule has 2 N–H and O–H groups in total. The van der Waals surface area contributed by atoms with Crippen LogP contribution in [-0.2, 0) is 12.8 Å². The van der Waals surface area contributed by atoms with Crippen molar-refractivity contribution in [1.82, 2.24) is 19.9 Å². The van der Waals surface area contributed by atoms with Crippen LogP contribution in [-0.4, -0.2) is 33.7 Å². The minimum absolute atomic E-state index is 0.520. The van der Waals surface area contributed by atoms with Gasteiger partial charge in [-0.1, -0.05) is 6.42 Å².